The highest BCUT2D eigenvalue weighted by atomic mass is 28.4. The van der Waals surface area contributed by atoms with Gasteiger partial charge < -0.3 is 14.0 Å². The minimum absolute atomic E-state index is 0.167. The van der Waals surface area contributed by atoms with Gasteiger partial charge in [-0.05, 0) is 47.6 Å². The van der Waals surface area contributed by atoms with Gasteiger partial charge in [0.05, 0.1) is 7.11 Å². The van der Waals surface area contributed by atoms with Crippen molar-refractivity contribution in [2.75, 3.05) is 7.11 Å². The average Bonchev–Trinajstić information content (AvgIpc) is 2.55. The molecule has 0 spiro atoms. The first-order valence-corrected chi connectivity index (χ1v) is 11.5. The summed E-state index contributed by atoms with van der Waals surface area (Å²) in [7, 11) is 0.0621. The fourth-order valence-electron chi connectivity index (χ4n) is 2.24. The zero-order valence-electron chi connectivity index (χ0n) is 13.8. The lowest BCUT2D eigenvalue weighted by Crippen LogP contribution is -2.38. The Morgan fingerprint density at radius 2 is 1.87 bits per heavy atom. The van der Waals surface area contributed by atoms with E-state index in [1.54, 1.807) is 13.2 Å². The second-order valence-corrected chi connectivity index (χ2v) is 11.4. The zero-order valence-corrected chi connectivity index (χ0v) is 15.8. The Labute approximate surface area is 141 Å². The van der Waals surface area contributed by atoms with Gasteiger partial charge in [0.2, 0.25) is 0 Å². The highest BCUT2D eigenvalue weighted by Gasteiger charge is 2.23. The first-order valence-electron chi connectivity index (χ1n) is 7.46. The fourth-order valence-corrected chi connectivity index (χ4v) is 5.62. The predicted molar refractivity (Wildman–Crippen MR) is 98.9 cm³/mol. The van der Waals surface area contributed by atoms with Gasteiger partial charge in [0.1, 0.15) is 0 Å². The summed E-state index contributed by atoms with van der Waals surface area (Å²) in [5, 5.41) is 10.9. The smallest absolute Gasteiger partial charge is 0.256 e. The van der Waals surface area contributed by atoms with Crippen LogP contribution in [0.2, 0.25) is 13.1 Å². The monoisotopic (exact) mass is 342 g/mol. The molecule has 2 radical (unpaired) electrons. The molecule has 0 unspecified atom stereocenters. The maximum absolute atomic E-state index is 9.68. The predicted octanol–water partition coefficient (Wildman–Crippen LogP) is 3.29. The molecule has 0 bridgehead atoms. The van der Waals surface area contributed by atoms with E-state index >= 15 is 0 Å². The van der Waals surface area contributed by atoms with Crippen molar-refractivity contribution < 1.29 is 14.0 Å². The number of phenolic OH excluding ortho intramolecular Hbond substituents is 1. The van der Waals surface area contributed by atoms with Crippen LogP contribution in [-0.2, 0) is 10.2 Å². The van der Waals surface area contributed by atoms with Gasteiger partial charge in [0.15, 0.2) is 19.8 Å². The van der Waals surface area contributed by atoms with Crippen LogP contribution in [0.15, 0.2) is 49.0 Å². The Hall–Kier alpha value is -1.83. The van der Waals surface area contributed by atoms with Crippen LogP contribution in [0.5, 0.6) is 11.5 Å². The van der Waals surface area contributed by atoms with Gasteiger partial charge in [-0.2, -0.15) is 0 Å². The molecule has 0 aliphatic rings. The first kappa shape index (κ1) is 17.5. The minimum Gasteiger partial charge on any atom is -0.504 e. The molecule has 0 saturated heterocycles. The highest BCUT2D eigenvalue weighted by molar-refractivity contribution is 6.76. The van der Waals surface area contributed by atoms with Crippen molar-refractivity contribution in [1.29, 1.82) is 0 Å². The van der Waals surface area contributed by atoms with Gasteiger partial charge >= 0.3 is 0 Å². The van der Waals surface area contributed by atoms with Crippen molar-refractivity contribution in [2.24, 2.45) is 0 Å². The number of ether oxygens (including phenoxy) is 1. The molecule has 0 fully saturated rings. The summed E-state index contributed by atoms with van der Waals surface area (Å²) in [5.74, 6) is 0.676. The van der Waals surface area contributed by atoms with E-state index in [-0.39, 0.29) is 5.75 Å². The summed E-state index contributed by atoms with van der Waals surface area (Å²) in [5.41, 5.74) is 2.24. The highest BCUT2D eigenvalue weighted by Crippen LogP contribution is 2.27. The lowest BCUT2D eigenvalue weighted by Gasteiger charge is -2.23. The standard InChI is InChI=1S/C18H22O3Si2/c1-5-14-6-9-16(10-7-14)22-21-23(3,4)13-15-8-11-17(19)18(12-15)20-2/h5-12,19H,1,13H2,2-4H3. The molecule has 2 aromatic carbocycles. The van der Waals surface area contributed by atoms with Gasteiger partial charge in [-0.3, -0.25) is 0 Å². The van der Waals surface area contributed by atoms with Crippen LogP contribution in [0.25, 0.3) is 6.08 Å². The molecular weight excluding hydrogens is 320 g/mol. The molecule has 0 aromatic heterocycles. The van der Waals surface area contributed by atoms with Crippen molar-refractivity contribution in [2.45, 2.75) is 19.1 Å². The van der Waals surface area contributed by atoms with E-state index in [2.05, 4.69) is 43.9 Å². The van der Waals surface area contributed by atoms with E-state index in [9.17, 15) is 5.11 Å². The number of hydrogen-bond acceptors (Lipinski definition) is 3. The molecule has 0 heterocycles. The van der Waals surface area contributed by atoms with Gasteiger partial charge in [0.25, 0.3) is 9.76 Å². The zero-order chi connectivity index (χ0) is 16.9. The van der Waals surface area contributed by atoms with E-state index in [0.29, 0.717) is 15.5 Å². The molecule has 0 aliphatic heterocycles. The second kappa shape index (κ2) is 7.63. The van der Waals surface area contributed by atoms with Gasteiger partial charge in [0, 0.05) is 0 Å². The summed E-state index contributed by atoms with van der Waals surface area (Å²) in [6.07, 6.45) is 1.84. The molecule has 120 valence electrons. The van der Waals surface area contributed by atoms with Gasteiger partial charge in [-0.15, -0.1) is 0 Å². The van der Waals surface area contributed by atoms with Gasteiger partial charge in [-0.1, -0.05) is 43.0 Å². The quantitative estimate of drug-likeness (QED) is 0.785. The largest absolute Gasteiger partial charge is 0.504 e. The van der Waals surface area contributed by atoms with Crippen LogP contribution in [0, 0.1) is 0 Å². The molecule has 0 saturated carbocycles. The topological polar surface area (TPSA) is 38.7 Å². The normalized spacial score (nSPS) is 11.3. The van der Waals surface area contributed by atoms with Crippen molar-refractivity contribution in [3.05, 3.63) is 60.2 Å². The molecule has 5 heteroatoms. The van der Waals surface area contributed by atoms with E-state index in [1.165, 1.54) is 5.19 Å². The van der Waals surface area contributed by atoms with E-state index in [0.717, 1.165) is 17.2 Å². The summed E-state index contributed by atoms with van der Waals surface area (Å²) in [4.78, 5) is 0. The summed E-state index contributed by atoms with van der Waals surface area (Å²) in [6.45, 7) is 8.17. The molecule has 2 rings (SSSR count). The molecule has 3 nitrogen and oxygen atoms in total. The second-order valence-electron chi connectivity index (χ2n) is 5.97. The summed E-state index contributed by atoms with van der Waals surface area (Å²) >= 11 is 0. The van der Waals surface area contributed by atoms with Gasteiger partial charge in [-0.25, -0.2) is 0 Å². The van der Waals surface area contributed by atoms with Crippen LogP contribution in [-0.4, -0.2) is 30.3 Å². The van der Waals surface area contributed by atoms with E-state index < -0.39 is 8.32 Å². The van der Waals surface area contributed by atoms with Crippen LogP contribution in [0.4, 0.5) is 0 Å². The van der Waals surface area contributed by atoms with Crippen molar-refractivity contribution in [1.82, 2.24) is 0 Å². The molecule has 1 N–H and O–H groups in total. The molecule has 2 aromatic rings. The molecule has 0 aliphatic carbocycles. The third-order valence-electron chi connectivity index (χ3n) is 3.47. The Morgan fingerprint density at radius 1 is 1.17 bits per heavy atom. The van der Waals surface area contributed by atoms with Crippen LogP contribution in [0.3, 0.4) is 0 Å². The minimum atomic E-state index is -1.85. The number of phenols is 1. The number of methoxy groups -OCH3 is 1. The summed E-state index contributed by atoms with van der Waals surface area (Å²) in [6, 6.07) is 14.6. The SMILES string of the molecule is C=Cc1ccc([Si]O[Si](C)(C)Cc2ccc(O)c(OC)c2)cc1. The Bertz CT molecular complexity index is 666. The average molecular weight is 343 g/mol. The lowest BCUT2D eigenvalue weighted by atomic mass is 10.2. The van der Waals surface area contributed by atoms with Crippen molar-refractivity contribution >= 4 is 29.3 Å². The van der Waals surface area contributed by atoms with Crippen LogP contribution in [0.1, 0.15) is 11.1 Å². The molecule has 0 atom stereocenters. The maximum Gasteiger partial charge on any atom is 0.256 e. The molecule has 0 amide bonds. The Balaban J connectivity index is 1.99. The van der Waals surface area contributed by atoms with E-state index in [1.807, 2.05) is 18.2 Å². The Morgan fingerprint density at radius 3 is 2.48 bits per heavy atom. The maximum atomic E-state index is 9.68. The number of rotatable bonds is 7. The Kier molecular flexibility index (Phi) is 5.82. The van der Waals surface area contributed by atoms with E-state index in [4.69, 9.17) is 8.85 Å². The molecule has 23 heavy (non-hydrogen) atoms. The number of aromatic hydroxyl groups is 1. The van der Waals surface area contributed by atoms with Crippen molar-refractivity contribution in [3.63, 3.8) is 0 Å². The molecular formula is C18H22O3Si2. The van der Waals surface area contributed by atoms with Crippen LogP contribution >= 0.6 is 0 Å². The fraction of sp³-hybridized carbons (Fsp3) is 0.222. The summed E-state index contributed by atoms with van der Waals surface area (Å²) < 4.78 is 11.4. The number of benzene rings is 2. The third kappa shape index (κ3) is 5.09. The third-order valence-corrected chi connectivity index (χ3v) is 7.91. The lowest BCUT2D eigenvalue weighted by molar-refractivity contribution is 0.373. The van der Waals surface area contributed by atoms with Crippen molar-refractivity contribution in [3.8, 4) is 11.5 Å². The van der Waals surface area contributed by atoms with Crippen LogP contribution < -0.4 is 9.92 Å². The number of hydrogen-bond donors (Lipinski definition) is 1. The first-order chi connectivity index (χ1) is 10.9.